The second-order valence-electron chi connectivity index (χ2n) is 3.14. The Balaban J connectivity index is 0.000000324. The van der Waals surface area contributed by atoms with Crippen molar-refractivity contribution in [3.8, 4) is 0 Å². The minimum atomic E-state index is -0.264. The van der Waals surface area contributed by atoms with E-state index in [1.54, 1.807) is 24.3 Å². The Bertz CT molecular complexity index is 480. The van der Waals surface area contributed by atoms with Crippen molar-refractivity contribution in [3.63, 3.8) is 0 Å². The maximum atomic E-state index is 10.6. The number of oxime groups is 2. The molecule has 0 spiro atoms. The SMILES string of the molecule is O=C1C=CC=C/C1=N/O.O=C1C=CC=C/C1=N/O.[Cu]. The van der Waals surface area contributed by atoms with E-state index in [4.69, 9.17) is 10.4 Å². The van der Waals surface area contributed by atoms with Crippen molar-refractivity contribution in [2.24, 2.45) is 10.3 Å². The maximum absolute atomic E-state index is 10.6. The monoisotopic (exact) mass is 309 g/mol. The molecule has 7 heteroatoms. The molecule has 2 aliphatic carbocycles. The van der Waals surface area contributed by atoms with Crippen molar-refractivity contribution in [2.45, 2.75) is 0 Å². The predicted molar refractivity (Wildman–Crippen MR) is 65.0 cm³/mol. The van der Waals surface area contributed by atoms with Gasteiger partial charge in [-0.2, -0.15) is 0 Å². The van der Waals surface area contributed by atoms with Gasteiger partial charge in [-0.3, -0.25) is 9.59 Å². The first kappa shape index (κ1) is 16.8. The summed E-state index contributed by atoms with van der Waals surface area (Å²) in [5, 5.41) is 21.8. The number of rotatable bonds is 0. The van der Waals surface area contributed by atoms with Crippen molar-refractivity contribution in [1.29, 1.82) is 0 Å². The molecular formula is C12H10CuN2O4. The number of hydrogen-bond donors (Lipinski definition) is 2. The van der Waals surface area contributed by atoms with Crippen molar-refractivity contribution < 1.29 is 37.1 Å². The topological polar surface area (TPSA) is 99.3 Å². The average Bonchev–Trinajstić information content (AvgIpc) is 2.41. The largest absolute Gasteiger partial charge is 0.410 e. The van der Waals surface area contributed by atoms with Crippen LogP contribution in [0, 0.1) is 0 Å². The van der Waals surface area contributed by atoms with Crippen LogP contribution in [0.4, 0.5) is 0 Å². The minimum Gasteiger partial charge on any atom is -0.410 e. The standard InChI is InChI=1S/2C6H5NO2.Cu/c2*8-6-4-2-1-3-5(6)7-9;/h2*1-4,9H;/b2*7-5-;. The summed E-state index contributed by atoms with van der Waals surface area (Å²) in [7, 11) is 0. The van der Waals surface area contributed by atoms with Gasteiger partial charge in [-0.15, -0.1) is 0 Å². The molecule has 0 unspecified atom stereocenters. The van der Waals surface area contributed by atoms with Crippen molar-refractivity contribution in [3.05, 3.63) is 48.6 Å². The molecule has 0 aromatic rings. The molecule has 0 heterocycles. The van der Waals surface area contributed by atoms with Crippen LogP contribution >= 0.6 is 0 Å². The van der Waals surface area contributed by atoms with Crippen LogP contribution in [0.2, 0.25) is 0 Å². The molecule has 0 saturated carbocycles. The Morgan fingerprint density at radius 2 is 1.00 bits per heavy atom. The van der Waals surface area contributed by atoms with Gasteiger partial charge in [-0.1, -0.05) is 34.6 Å². The van der Waals surface area contributed by atoms with Crippen LogP contribution in [0.25, 0.3) is 0 Å². The maximum Gasteiger partial charge on any atom is 0.207 e. The van der Waals surface area contributed by atoms with Gasteiger partial charge in [0.15, 0.2) is 0 Å². The number of ketones is 2. The predicted octanol–water partition coefficient (Wildman–Crippen LogP) is 1.02. The zero-order valence-electron chi connectivity index (χ0n) is 9.53. The first-order valence-electron chi connectivity index (χ1n) is 4.91. The third-order valence-corrected chi connectivity index (χ3v) is 1.95. The molecule has 0 atom stereocenters. The Hall–Kier alpha value is -2.24. The van der Waals surface area contributed by atoms with Crippen molar-refractivity contribution in [1.82, 2.24) is 0 Å². The number of carbonyl (C=O) groups is 2. The molecule has 2 aliphatic rings. The van der Waals surface area contributed by atoms with Gasteiger partial charge in [0.1, 0.15) is 11.4 Å². The molecule has 0 saturated heterocycles. The van der Waals surface area contributed by atoms with Crippen LogP contribution in [0.1, 0.15) is 0 Å². The molecule has 0 fully saturated rings. The van der Waals surface area contributed by atoms with E-state index in [0.717, 1.165) is 0 Å². The van der Waals surface area contributed by atoms with Crippen LogP contribution in [0.5, 0.6) is 0 Å². The molecule has 103 valence electrons. The van der Waals surface area contributed by atoms with E-state index in [1.165, 1.54) is 24.3 Å². The van der Waals surface area contributed by atoms with E-state index in [9.17, 15) is 9.59 Å². The summed E-state index contributed by atoms with van der Waals surface area (Å²) in [5.74, 6) is -0.528. The first-order chi connectivity index (χ1) is 8.69. The normalized spacial score (nSPS) is 20.2. The van der Waals surface area contributed by atoms with E-state index >= 15 is 0 Å². The Morgan fingerprint density at radius 1 is 0.684 bits per heavy atom. The fourth-order valence-corrected chi connectivity index (χ4v) is 1.08. The molecule has 0 aromatic heterocycles. The molecule has 19 heavy (non-hydrogen) atoms. The minimum absolute atomic E-state index is 0. The van der Waals surface area contributed by atoms with Crippen LogP contribution in [0.15, 0.2) is 58.9 Å². The molecule has 0 aliphatic heterocycles. The quantitative estimate of drug-likeness (QED) is 0.302. The number of nitrogens with zero attached hydrogens (tertiary/aromatic N) is 2. The molecule has 1 radical (unpaired) electrons. The summed E-state index contributed by atoms with van der Waals surface area (Å²) in [6, 6.07) is 0. The second kappa shape index (κ2) is 8.79. The van der Waals surface area contributed by atoms with E-state index in [0.29, 0.717) is 0 Å². The van der Waals surface area contributed by atoms with Gasteiger partial charge in [0, 0.05) is 17.1 Å². The van der Waals surface area contributed by atoms with E-state index in [2.05, 4.69) is 10.3 Å². The first-order valence-corrected chi connectivity index (χ1v) is 4.91. The fourth-order valence-electron chi connectivity index (χ4n) is 1.08. The van der Waals surface area contributed by atoms with E-state index < -0.39 is 0 Å². The summed E-state index contributed by atoms with van der Waals surface area (Å²) >= 11 is 0. The molecular weight excluding hydrogens is 300 g/mol. The van der Waals surface area contributed by atoms with Crippen LogP contribution in [-0.2, 0) is 26.7 Å². The molecule has 0 aromatic carbocycles. The molecule has 2 rings (SSSR count). The van der Waals surface area contributed by atoms with Gasteiger partial charge in [-0.05, 0) is 24.3 Å². The number of allylic oxidation sites excluding steroid dienone is 8. The van der Waals surface area contributed by atoms with Gasteiger partial charge < -0.3 is 10.4 Å². The van der Waals surface area contributed by atoms with Gasteiger partial charge >= 0.3 is 0 Å². The van der Waals surface area contributed by atoms with Gasteiger partial charge in [0.05, 0.1) is 0 Å². The van der Waals surface area contributed by atoms with Crippen LogP contribution in [0.3, 0.4) is 0 Å². The Morgan fingerprint density at radius 3 is 1.21 bits per heavy atom. The van der Waals surface area contributed by atoms with E-state index in [1.807, 2.05) is 0 Å². The molecule has 0 bridgehead atoms. The summed E-state index contributed by atoms with van der Waals surface area (Å²) < 4.78 is 0. The van der Waals surface area contributed by atoms with Gasteiger partial charge in [-0.25, -0.2) is 0 Å². The number of carbonyl (C=O) groups excluding carboxylic acids is 2. The third-order valence-electron chi connectivity index (χ3n) is 1.95. The smallest absolute Gasteiger partial charge is 0.207 e. The average molecular weight is 310 g/mol. The zero-order valence-corrected chi connectivity index (χ0v) is 10.5. The van der Waals surface area contributed by atoms with Gasteiger partial charge in [0.2, 0.25) is 11.6 Å². The second-order valence-corrected chi connectivity index (χ2v) is 3.14. The summed E-state index contributed by atoms with van der Waals surface area (Å²) in [6.07, 6.45) is 12.0. The van der Waals surface area contributed by atoms with E-state index in [-0.39, 0.29) is 40.1 Å². The van der Waals surface area contributed by atoms with Crippen molar-refractivity contribution in [2.75, 3.05) is 0 Å². The summed E-state index contributed by atoms with van der Waals surface area (Å²) in [6.45, 7) is 0. The fraction of sp³-hybridized carbons (Fsp3) is 0. The Labute approximate surface area is 119 Å². The number of hydrogen-bond acceptors (Lipinski definition) is 6. The Kier molecular flexibility index (Phi) is 7.76. The summed E-state index contributed by atoms with van der Waals surface area (Å²) in [4.78, 5) is 21.2. The zero-order chi connectivity index (χ0) is 13.4. The molecule has 6 nitrogen and oxygen atoms in total. The molecule has 2 N–H and O–H groups in total. The van der Waals surface area contributed by atoms with Crippen molar-refractivity contribution >= 4 is 23.0 Å². The van der Waals surface area contributed by atoms with Gasteiger partial charge in [0.25, 0.3) is 0 Å². The van der Waals surface area contributed by atoms with Crippen LogP contribution < -0.4 is 0 Å². The molecule has 0 amide bonds. The summed E-state index contributed by atoms with van der Waals surface area (Å²) in [5.41, 5.74) is 0.162. The van der Waals surface area contributed by atoms with Crippen LogP contribution in [-0.4, -0.2) is 33.4 Å². The third kappa shape index (κ3) is 5.29.